The maximum absolute atomic E-state index is 9.52. The summed E-state index contributed by atoms with van der Waals surface area (Å²) in [5.41, 5.74) is 0.806. The monoisotopic (exact) mass is 196 g/mol. The average Bonchev–Trinajstić information content (AvgIpc) is 2.18. The third-order valence-electron chi connectivity index (χ3n) is 2.30. The van der Waals surface area contributed by atoms with Gasteiger partial charge >= 0.3 is 0 Å². The van der Waals surface area contributed by atoms with Crippen molar-refractivity contribution in [1.82, 2.24) is 0 Å². The Labute approximate surface area is 83.6 Å². The first kappa shape index (κ1) is 11.0. The molecule has 0 aromatic heterocycles. The molecule has 3 nitrogen and oxygen atoms in total. The first-order chi connectivity index (χ1) is 6.65. The van der Waals surface area contributed by atoms with Crippen LogP contribution >= 0.6 is 0 Å². The molecule has 1 rings (SSSR count). The Kier molecular flexibility index (Phi) is 3.92. The van der Waals surface area contributed by atoms with E-state index < -0.39 is 6.10 Å². The summed E-state index contributed by atoms with van der Waals surface area (Å²) in [6, 6.07) is 7.05. The highest BCUT2D eigenvalue weighted by molar-refractivity contribution is 5.34. The molecule has 0 heterocycles. The molecule has 0 saturated heterocycles. The maximum Gasteiger partial charge on any atom is 0.119 e. The van der Waals surface area contributed by atoms with E-state index in [2.05, 4.69) is 0 Å². The van der Waals surface area contributed by atoms with Crippen molar-refractivity contribution in [2.24, 2.45) is 0 Å². The second-order valence-electron chi connectivity index (χ2n) is 3.53. The standard InChI is InChI=1S/C11H16O3/c1-8(6-9(13)7-12)10-4-2-3-5-11(10)14/h2-5,8-9,12-14H,6-7H2,1H3. The zero-order valence-corrected chi connectivity index (χ0v) is 8.22. The van der Waals surface area contributed by atoms with Crippen LogP contribution < -0.4 is 0 Å². The molecule has 3 heteroatoms. The lowest BCUT2D eigenvalue weighted by atomic mass is 9.94. The van der Waals surface area contributed by atoms with Crippen molar-refractivity contribution in [2.45, 2.75) is 25.4 Å². The summed E-state index contributed by atoms with van der Waals surface area (Å²) in [6.45, 7) is 1.67. The van der Waals surface area contributed by atoms with E-state index in [0.717, 1.165) is 5.56 Å². The van der Waals surface area contributed by atoms with Gasteiger partial charge in [-0.1, -0.05) is 25.1 Å². The minimum Gasteiger partial charge on any atom is -0.508 e. The molecule has 0 aliphatic rings. The summed E-state index contributed by atoms with van der Waals surface area (Å²) in [6.07, 6.45) is -0.266. The van der Waals surface area contributed by atoms with Crippen molar-refractivity contribution in [3.63, 3.8) is 0 Å². The van der Waals surface area contributed by atoms with Gasteiger partial charge in [-0.25, -0.2) is 0 Å². The number of aliphatic hydroxyl groups excluding tert-OH is 2. The van der Waals surface area contributed by atoms with Crippen molar-refractivity contribution in [2.75, 3.05) is 6.61 Å². The summed E-state index contributed by atoms with van der Waals surface area (Å²) in [7, 11) is 0. The molecule has 0 bridgehead atoms. The highest BCUT2D eigenvalue weighted by Gasteiger charge is 2.13. The van der Waals surface area contributed by atoms with E-state index in [1.165, 1.54) is 0 Å². The normalized spacial score (nSPS) is 15.1. The molecule has 1 aromatic rings. The van der Waals surface area contributed by atoms with E-state index >= 15 is 0 Å². The van der Waals surface area contributed by atoms with Gasteiger partial charge in [-0.15, -0.1) is 0 Å². The highest BCUT2D eigenvalue weighted by atomic mass is 16.3. The van der Waals surface area contributed by atoms with E-state index in [4.69, 9.17) is 5.11 Å². The largest absolute Gasteiger partial charge is 0.508 e. The molecule has 0 saturated carbocycles. The van der Waals surface area contributed by atoms with Gasteiger partial charge in [0.1, 0.15) is 5.75 Å². The number of hydrogen-bond donors (Lipinski definition) is 3. The second kappa shape index (κ2) is 4.98. The van der Waals surface area contributed by atoms with Crippen LogP contribution in [-0.2, 0) is 0 Å². The van der Waals surface area contributed by atoms with Crippen LogP contribution in [0.2, 0.25) is 0 Å². The Bertz CT molecular complexity index is 286. The fourth-order valence-electron chi connectivity index (χ4n) is 1.51. The molecule has 0 fully saturated rings. The predicted octanol–water partition coefficient (Wildman–Crippen LogP) is 1.24. The molecule has 14 heavy (non-hydrogen) atoms. The quantitative estimate of drug-likeness (QED) is 0.679. The van der Waals surface area contributed by atoms with Gasteiger partial charge in [0.15, 0.2) is 0 Å². The van der Waals surface area contributed by atoms with Gasteiger partial charge in [0.2, 0.25) is 0 Å². The van der Waals surface area contributed by atoms with Gasteiger partial charge in [0, 0.05) is 0 Å². The van der Waals surface area contributed by atoms with Crippen molar-refractivity contribution in [3.8, 4) is 5.75 Å². The number of phenols is 1. The zero-order valence-electron chi connectivity index (χ0n) is 8.22. The van der Waals surface area contributed by atoms with Gasteiger partial charge in [-0.2, -0.15) is 0 Å². The zero-order chi connectivity index (χ0) is 10.6. The first-order valence-corrected chi connectivity index (χ1v) is 4.72. The number of rotatable bonds is 4. The minimum absolute atomic E-state index is 0.0401. The molecule has 0 amide bonds. The van der Waals surface area contributed by atoms with Crippen molar-refractivity contribution in [3.05, 3.63) is 29.8 Å². The molecule has 3 N–H and O–H groups in total. The highest BCUT2D eigenvalue weighted by Crippen LogP contribution is 2.28. The van der Waals surface area contributed by atoms with E-state index in [-0.39, 0.29) is 18.3 Å². The molecule has 0 aliphatic carbocycles. The lowest BCUT2D eigenvalue weighted by Crippen LogP contribution is -2.15. The molecular weight excluding hydrogens is 180 g/mol. The minimum atomic E-state index is -0.718. The van der Waals surface area contributed by atoms with Crippen LogP contribution in [0, 0.1) is 0 Å². The van der Waals surface area contributed by atoms with Crippen molar-refractivity contribution >= 4 is 0 Å². The smallest absolute Gasteiger partial charge is 0.119 e. The van der Waals surface area contributed by atoms with Crippen LogP contribution in [0.3, 0.4) is 0 Å². The van der Waals surface area contributed by atoms with Crippen LogP contribution in [0.15, 0.2) is 24.3 Å². The molecule has 0 aliphatic heterocycles. The molecule has 0 spiro atoms. The van der Waals surface area contributed by atoms with E-state index in [0.29, 0.717) is 6.42 Å². The van der Waals surface area contributed by atoms with Gasteiger partial charge in [0.05, 0.1) is 12.7 Å². The Balaban J connectivity index is 2.69. The van der Waals surface area contributed by atoms with Gasteiger partial charge in [0.25, 0.3) is 0 Å². The van der Waals surface area contributed by atoms with Crippen LogP contribution in [0.25, 0.3) is 0 Å². The van der Waals surface area contributed by atoms with Gasteiger partial charge < -0.3 is 15.3 Å². The molecule has 2 atom stereocenters. The number of benzene rings is 1. The number of phenolic OH excluding ortho intramolecular Hbond substituents is 1. The number of aromatic hydroxyl groups is 1. The van der Waals surface area contributed by atoms with Crippen LogP contribution in [0.4, 0.5) is 0 Å². The van der Waals surface area contributed by atoms with E-state index in [9.17, 15) is 10.2 Å². The SMILES string of the molecule is CC(CC(O)CO)c1ccccc1O. The fourth-order valence-corrected chi connectivity index (χ4v) is 1.51. The summed E-state index contributed by atoms with van der Waals surface area (Å²) in [5.74, 6) is 0.281. The summed E-state index contributed by atoms with van der Waals surface area (Å²) < 4.78 is 0. The molecule has 0 radical (unpaired) electrons. The predicted molar refractivity (Wildman–Crippen MR) is 54.2 cm³/mol. The Morgan fingerprint density at radius 2 is 1.93 bits per heavy atom. The summed E-state index contributed by atoms with van der Waals surface area (Å²) in [5, 5.41) is 27.5. The van der Waals surface area contributed by atoms with Crippen molar-refractivity contribution < 1.29 is 15.3 Å². The first-order valence-electron chi connectivity index (χ1n) is 4.72. The summed E-state index contributed by atoms with van der Waals surface area (Å²) in [4.78, 5) is 0. The Morgan fingerprint density at radius 3 is 2.50 bits per heavy atom. The molecular formula is C11H16O3. The third kappa shape index (κ3) is 2.72. The van der Waals surface area contributed by atoms with Gasteiger partial charge in [-0.3, -0.25) is 0 Å². The van der Waals surface area contributed by atoms with E-state index in [1.807, 2.05) is 19.1 Å². The van der Waals surface area contributed by atoms with E-state index in [1.54, 1.807) is 12.1 Å². The second-order valence-corrected chi connectivity index (χ2v) is 3.53. The Hall–Kier alpha value is -1.06. The van der Waals surface area contributed by atoms with Crippen LogP contribution in [0.1, 0.15) is 24.8 Å². The number of hydrogen-bond acceptors (Lipinski definition) is 3. The average molecular weight is 196 g/mol. The summed E-state index contributed by atoms with van der Waals surface area (Å²) >= 11 is 0. The van der Waals surface area contributed by atoms with Crippen molar-refractivity contribution in [1.29, 1.82) is 0 Å². The molecule has 2 unspecified atom stereocenters. The molecule has 1 aromatic carbocycles. The number of aliphatic hydroxyl groups is 2. The van der Waals surface area contributed by atoms with Crippen LogP contribution in [-0.4, -0.2) is 28.0 Å². The third-order valence-corrected chi connectivity index (χ3v) is 2.30. The lowest BCUT2D eigenvalue weighted by Gasteiger charge is -2.15. The fraction of sp³-hybridized carbons (Fsp3) is 0.455. The Morgan fingerprint density at radius 1 is 1.29 bits per heavy atom. The molecule has 78 valence electrons. The van der Waals surface area contributed by atoms with Crippen LogP contribution in [0.5, 0.6) is 5.75 Å². The lowest BCUT2D eigenvalue weighted by molar-refractivity contribution is 0.0833. The number of para-hydroxylation sites is 1. The topological polar surface area (TPSA) is 60.7 Å². The maximum atomic E-state index is 9.52. The van der Waals surface area contributed by atoms with Gasteiger partial charge in [-0.05, 0) is 24.0 Å².